The van der Waals surface area contributed by atoms with Crippen LogP contribution >= 0.6 is 0 Å². The molecule has 2 aromatic rings. The van der Waals surface area contributed by atoms with Crippen molar-refractivity contribution in [3.63, 3.8) is 0 Å². The van der Waals surface area contributed by atoms with Crippen LogP contribution in [0.1, 0.15) is 32.8 Å². The van der Waals surface area contributed by atoms with E-state index in [1.54, 1.807) is 0 Å². The summed E-state index contributed by atoms with van der Waals surface area (Å²) in [5.41, 5.74) is 5.56. The molecule has 31 heavy (non-hydrogen) atoms. The molecular formula is C20H28F2N7O2+. The average molecular weight is 436 g/mol. The lowest BCUT2D eigenvalue weighted by Crippen LogP contribution is -3.13. The highest BCUT2D eigenvalue weighted by atomic mass is 19.3. The molecule has 4 rings (SSSR count). The molecule has 3 N–H and O–H groups in total. The molecule has 2 aliphatic rings. The van der Waals surface area contributed by atoms with Gasteiger partial charge in [-0.05, 0) is 26.8 Å². The van der Waals surface area contributed by atoms with Crippen molar-refractivity contribution in [2.24, 2.45) is 0 Å². The van der Waals surface area contributed by atoms with Gasteiger partial charge in [0.2, 0.25) is 5.95 Å². The first-order chi connectivity index (χ1) is 14.8. The number of nitrogens with one attached hydrogen (secondary N) is 1. The SMILES string of the molecule is CC1COCC(C)N1c1nc(-c2cnc(N)cc2C(F)F)nc([NH+]2CCOCC2C)n1. The van der Waals surface area contributed by atoms with Crippen LogP contribution in [0.25, 0.3) is 11.4 Å². The number of hydrogen-bond acceptors (Lipinski definition) is 8. The minimum absolute atomic E-state index is 0.0244. The van der Waals surface area contributed by atoms with Gasteiger partial charge in [0.05, 0.1) is 38.5 Å². The van der Waals surface area contributed by atoms with Gasteiger partial charge in [0.15, 0.2) is 5.82 Å². The fourth-order valence-corrected chi connectivity index (χ4v) is 4.12. The second-order valence-corrected chi connectivity index (χ2v) is 8.17. The molecule has 2 fully saturated rings. The number of morpholine rings is 2. The Morgan fingerprint density at radius 1 is 1.10 bits per heavy atom. The van der Waals surface area contributed by atoms with Gasteiger partial charge in [-0.3, -0.25) is 4.90 Å². The topological polar surface area (TPSA) is 104 Å². The van der Waals surface area contributed by atoms with Gasteiger partial charge in [0.1, 0.15) is 18.4 Å². The number of alkyl halides is 2. The summed E-state index contributed by atoms with van der Waals surface area (Å²) >= 11 is 0. The fourth-order valence-electron chi connectivity index (χ4n) is 4.12. The predicted molar refractivity (Wildman–Crippen MR) is 110 cm³/mol. The van der Waals surface area contributed by atoms with Crippen LogP contribution in [-0.2, 0) is 9.47 Å². The van der Waals surface area contributed by atoms with Crippen molar-refractivity contribution in [3.05, 3.63) is 17.8 Å². The van der Waals surface area contributed by atoms with E-state index in [2.05, 4.69) is 19.9 Å². The summed E-state index contributed by atoms with van der Waals surface area (Å²) in [5.74, 6) is 1.15. The first-order valence-corrected chi connectivity index (χ1v) is 10.4. The second kappa shape index (κ2) is 8.93. The average Bonchev–Trinajstić information content (AvgIpc) is 2.73. The fraction of sp³-hybridized carbons (Fsp3) is 0.600. The summed E-state index contributed by atoms with van der Waals surface area (Å²) in [6.45, 7) is 9.00. The van der Waals surface area contributed by atoms with Crippen molar-refractivity contribution in [3.8, 4) is 11.4 Å². The lowest BCUT2D eigenvalue weighted by Gasteiger charge is -2.39. The van der Waals surface area contributed by atoms with E-state index < -0.39 is 6.43 Å². The van der Waals surface area contributed by atoms with Crippen LogP contribution < -0.4 is 15.5 Å². The lowest BCUT2D eigenvalue weighted by molar-refractivity contribution is -0.873. The molecule has 0 aromatic carbocycles. The number of aromatic nitrogens is 4. The largest absolute Gasteiger partial charge is 0.384 e. The van der Waals surface area contributed by atoms with E-state index in [-0.39, 0.29) is 40.9 Å². The molecule has 4 unspecified atom stereocenters. The third-order valence-corrected chi connectivity index (χ3v) is 5.72. The van der Waals surface area contributed by atoms with E-state index in [0.29, 0.717) is 44.9 Å². The van der Waals surface area contributed by atoms with Crippen molar-refractivity contribution < 1.29 is 23.2 Å². The Bertz CT molecular complexity index is 922. The monoisotopic (exact) mass is 436 g/mol. The quantitative estimate of drug-likeness (QED) is 0.732. The standard InChI is InChI=1S/C20H27F2N7O2/c1-11-8-30-5-4-28(11)19-25-18(15-7-24-16(23)6-14(15)17(21)22)26-20(27-19)29-12(2)9-31-10-13(29)3/h6-7,11-13,17H,4-5,8-10H2,1-3H3,(H2,23,24)/p+1. The molecule has 0 spiro atoms. The van der Waals surface area contributed by atoms with Crippen molar-refractivity contribution in [2.45, 2.75) is 45.3 Å². The number of hydrogen-bond donors (Lipinski definition) is 2. The highest BCUT2D eigenvalue weighted by molar-refractivity contribution is 5.63. The van der Waals surface area contributed by atoms with Crippen LogP contribution in [0.3, 0.4) is 0 Å². The minimum Gasteiger partial charge on any atom is -0.384 e. The van der Waals surface area contributed by atoms with Gasteiger partial charge < -0.3 is 20.1 Å². The molecule has 4 atom stereocenters. The summed E-state index contributed by atoms with van der Waals surface area (Å²) in [4.78, 5) is 21.1. The van der Waals surface area contributed by atoms with Crippen LogP contribution in [0.4, 0.5) is 26.5 Å². The van der Waals surface area contributed by atoms with Crippen molar-refractivity contribution >= 4 is 17.7 Å². The van der Waals surface area contributed by atoms with Crippen LogP contribution in [0.15, 0.2) is 12.3 Å². The molecule has 0 amide bonds. The Morgan fingerprint density at radius 3 is 2.52 bits per heavy atom. The van der Waals surface area contributed by atoms with Crippen LogP contribution in [0.2, 0.25) is 0 Å². The van der Waals surface area contributed by atoms with E-state index in [1.807, 2.05) is 20.8 Å². The molecular weight excluding hydrogens is 408 g/mol. The van der Waals surface area contributed by atoms with Gasteiger partial charge in [0.25, 0.3) is 6.43 Å². The maximum Gasteiger partial charge on any atom is 0.332 e. The Kier molecular flexibility index (Phi) is 6.26. The highest BCUT2D eigenvalue weighted by Gasteiger charge is 2.33. The second-order valence-electron chi connectivity index (χ2n) is 8.17. The van der Waals surface area contributed by atoms with Crippen LogP contribution in [0.5, 0.6) is 0 Å². The van der Waals surface area contributed by atoms with Gasteiger partial charge >= 0.3 is 5.95 Å². The summed E-state index contributed by atoms with van der Waals surface area (Å²) in [5, 5.41) is 0. The van der Waals surface area contributed by atoms with Gasteiger partial charge in [-0.25, -0.2) is 13.8 Å². The van der Waals surface area contributed by atoms with Gasteiger partial charge in [-0.2, -0.15) is 9.97 Å². The van der Waals surface area contributed by atoms with Gasteiger partial charge in [0, 0.05) is 17.3 Å². The number of nitrogen functional groups attached to an aromatic ring is 1. The van der Waals surface area contributed by atoms with Crippen LogP contribution in [-0.4, -0.2) is 71.0 Å². The molecule has 2 aromatic heterocycles. The number of halogens is 2. The van der Waals surface area contributed by atoms with E-state index in [0.717, 1.165) is 4.90 Å². The number of nitrogens with two attached hydrogens (primary N) is 1. The number of rotatable bonds is 4. The summed E-state index contributed by atoms with van der Waals surface area (Å²) in [6, 6.07) is 1.36. The number of nitrogens with zero attached hydrogens (tertiary/aromatic N) is 5. The van der Waals surface area contributed by atoms with Crippen molar-refractivity contribution in [2.75, 3.05) is 43.6 Å². The van der Waals surface area contributed by atoms with Gasteiger partial charge in [-0.1, -0.05) is 0 Å². The van der Waals surface area contributed by atoms with Crippen molar-refractivity contribution in [1.82, 2.24) is 19.9 Å². The zero-order chi connectivity index (χ0) is 22.1. The zero-order valence-electron chi connectivity index (χ0n) is 17.9. The molecule has 0 aliphatic carbocycles. The molecule has 0 radical (unpaired) electrons. The number of quaternary nitrogens is 1. The first kappa shape index (κ1) is 21.7. The Morgan fingerprint density at radius 2 is 1.84 bits per heavy atom. The summed E-state index contributed by atoms with van der Waals surface area (Å²) < 4.78 is 38.8. The minimum atomic E-state index is -2.74. The van der Waals surface area contributed by atoms with E-state index in [4.69, 9.17) is 20.2 Å². The summed E-state index contributed by atoms with van der Waals surface area (Å²) in [7, 11) is 0. The zero-order valence-corrected chi connectivity index (χ0v) is 17.9. The third kappa shape index (κ3) is 4.43. The molecule has 11 heteroatoms. The number of ether oxygens (including phenoxy) is 2. The molecule has 168 valence electrons. The van der Waals surface area contributed by atoms with E-state index >= 15 is 0 Å². The molecule has 4 heterocycles. The molecule has 0 bridgehead atoms. The molecule has 2 aliphatic heterocycles. The molecule has 9 nitrogen and oxygen atoms in total. The lowest BCUT2D eigenvalue weighted by atomic mass is 10.1. The molecule has 2 saturated heterocycles. The Balaban J connectivity index is 1.86. The summed E-state index contributed by atoms with van der Waals surface area (Å²) in [6.07, 6.45) is -1.43. The Hall–Kier alpha value is -2.50. The Labute approximate surface area is 179 Å². The predicted octanol–water partition coefficient (Wildman–Crippen LogP) is 1.00. The maximum absolute atomic E-state index is 13.8. The van der Waals surface area contributed by atoms with Crippen molar-refractivity contribution in [1.29, 1.82) is 0 Å². The number of pyridine rings is 1. The normalized spacial score (nSPS) is 27.0. The maximum atomic E-state index is 13.8. The van der Waals surface area contributed by atoms with E-state index in [9.17, 15) is 8.78 Å². The van der Waals surface area contributed by atoms with Crippen LogP contribution in [0, 0.1) is 0 Å². The van der Waals surface area contributed by atoms with E-state index in [1.165, 1.54) is 12.3 Å². The number of anilines is 2. The highest BCUT2D eigenvalue weighted by Crippen LogP contribution is 2.31. The first-order valence-electron chi connectivity index (χ1n) is 10.4. The smallest absolute Gasteiger partial charge is 0.332 e. The molecule has 0 saturated carbocycles. The third-order valence-electron chi connectivity index (χ3n) is 5.72. The van der Waals surface area contributed by atoms with Gasteiger partial charge in [-0.15, -0.1) is 4.98 Å².